The Balaban J connectivity index is 2.28. The number of rotatable bonds is 2. The zero-order valence-electron chi connectivity index (χ0n) is 6.84. The van der Waals surface area contributed by atoms with Crippen molar-refractivity contribution in [3.63, 3.8) is 0 Å². The van der Waals surface area contributed by atoms with Crippen molar-refractivity contribution in [2.75, 3.05) is 0 Å². The molecule has 0 aliphatic heterocycles. The first kappa shape index (κ1) is 11.0. The van der Waals surface area contributed by atoms with Crippen molar-refractivity contribution < 1.29 is 0 Å². The number of thiophene rings is 2. The van der Waals surface area contributed by atoms with Gasteiger partial charge in [0, 0.05) is 9.75 Å². The van der Waals surface area contributed by atoms with Gasteiger partial charge in [-0.3, -0.25) is 0 Å². The van der Waals surface area contributed by atoms with E-state index in [1.54, 1.807) is 22.7 Å². The Labute approximate surface area is 109 Å². The molecule has 5 heteroatoms. The van der Waals surface area contributed by atoms with Crippen LogP contribution >= 0.6 is 61.8 Å². The van der Waals surface area contributed by atoms with Crippen molar-refractivity contribution >= 4 is 61.8 Å². The first-order valence-corrected chi connectivity index (χ1v) is 7.12. The molecule has 0 bridgehead atoms. The van der Waals surface area contributed by atoms with E-state index in [9.17, 15) is 0 Å². The molecule has 0 amide bonds. The highest BCUT2D eigenvalue weighted by molar-refractivity contribution is 9.09. The van der Waals surface area contributed by atoms with Crippen LogP contribution in [-0.2, 0) is 0 Å². The molecule has 0 N–H and O–H groups in total. The van der Waals surface area contributed by atoms with Crippen LogP contribution in [0.25, 0.3) is 0 Å². The minimum Gasteiger partial charge on any atom is -0.127 e. The highest BCUT2D eigenvalue weighted by atomic mass is 79.9. The van der Waals surface area contributed by atoms with Crippen molar-refractivity contribution in [3.8, 4) is 0 Å². The van der Waals surface area contributed by atoms with Gasteiger partial charge in [-0.2, -0.15) is 0 Å². The molecule has 0 saturated heterocycles. The predicted molar refractivity (Wildman–Crippen MR) is 69.4 cm³/mol. The molecular formula is C9H5BrCl2S2. The highest BCUT2D eigenvalue weighted by Gasteiger charge is 2.14. The Morgan fingerprint density at radius 2 is 1.36 bits per heavy atom. The molecule has 0 atom stereocenters. The second-order valence-electron chi connectivity index (χ2n) is 2.65. The molecule has 14 heavy (non-hydrogen) atoms. The van der Waals surface area contributed by atoms with Crippen molar-refractivity contribution in [2.24, 2.45) is 0 Å². The van der Waals surface area contributed by atoms with E-state index in [0.29, 0.717) is 0 Å². The van der Waals surface area contributed by atoms with E-state index in [2.05, 4.69) is 15.9 Å². The summed E-state index contributed by atoms with van der Waals surface area (Å²) in [6.45, 7) is 0. The molecule has 0 fully saturated rings. The summed E-state index contributed by atoms with van der Waals surface area (Å²) in [4.78, 5) is 2.61. The Hall–Kier alpha value is 0.460. The Morgan fingerprint density at radius 1 is 0.929 bits per heavy atom. The molecule has 0 radical (unpaired) electrons. The van der Waals surface area contributed by atoms with Crippen molar-refractivity contribution in [3.05, 3.63) is 42.7 Å². The summed E-state index contributed by atoms with van der Waals surface area (Å²) in [6, 6.07) is 7.87. The highest BCUT2D eigenvalue weighted by Crippen LogP contribution is 2.40. The number of hydrogen-bond acceptors (Lipinski definition) is 2. The number of halogens is 3. The van der Waals surface area contributed by atoms with Gasteiger partial charge in [0.15, 0.2) is 0 Å². The first-order valence-electron chi connectivity index (χ1n) is 3.81. The zero-order chi connectivity index (χ0) is 10.1. The third kappa shape index (κ3) is 2.34. The van der Waals surface area contributed by atoms with Gasteiger partial charge in [-0.15, -0.1) is 22.7 Å². The molecular weight excluding hydrogens is 323 g/mol. The fourth-order valence-electron chi connectivity index (χ4n) is 1.07. The van der Waals surface area contributed by atoms with Gasteiger partial charge >= 0.3 is 0 Å². The standard InChI is InChI=1S/C9H5BrCl2S2/c10-9(5-1-3-7(11)13-5)6-2-4-8(12)14-6/h1-4,9H. The molecule has 0 aromatic carbocycles. The lowest BCUT2D eigenvalue weighted by Gasteiger charge is -2.02. The monoisotopic (exact) mass is 326 g/mol. The topological polar surface area (TPSA) is 0 Å². The minimum atomic E-state index is 0.206. The maximum Gasteiger partial charge on any atom is 0.0931 e. The van der Waals surface area contributed by atoms with Gasteiger partial charge in [-0.05, 0) is 24.3 Å². The Bertz CT molecular complexity index is 395. The van der Waals surface area contributed by atoms with Crippen LogP contribution in [0.1, 0.15) is 14.6 Å². The fourth-order valence-corrected chi connectivity index (χ4v) is 4.13. The summed E-state index contributed by atoms with van der Waals surface area (Å²) in [6.07, 6.45) is 0. The van der Waals surface area contributed by atoms with Crippen LogP contribution in [0, 0.1) is 0 Å². The molecule has 0 saturated carbocycles. The largest absolute Gasteiger partial charge is 0.127 e. The van der Waals surface area contributed by atoms with E-state index in [4.69, 9.17) is 23.2 Å². The lowest BCUT2D eigenvalue weighted by atomic mass is 10.3. The van der Waals surface area contributed by atoms with Crippen molar-refractivity contribution in [2.45, 2.75) is 4.83 Å². The SMILES string of the molecule is Clc1ccc(C(Br)c2ccc(Cl)s2)s1. The van der Waals surface area contributed by atoms with Gasteiger partial charge in [0.2, 0.25) is 0 Å². The minimum absolute atomic E-state index is 0.206. The van der Waals surface area contributed by atoms with E-state index in [-0.39, 0.29) is 4.83 Å². The third-order valence-corrected chi connectivity index (χ3v) is 5.87. The van der Waals surface area contributed by atoms with Crippen LogP contribution in [0.4, 0.5) is 0 Å². The molecule has 0 aliphatic carbocycles. The van der Waals surface area contributed by atoms with Gasteiger partial charge in [0.1, 0.15) is 0 Å². The Kier molecular flexibility index (Phi) is 3.55. The van der Waals surface area contributed by atoms with E-state index in [1.807, 2.05) is 24.3 Å². The van der Waals surface area contributed by atoms with Gasteiger partial charge in [-0.25, -0.2) is 0 Å². The molecule has 0 nitrogen and oxygen atoms in total. The summed E-state index contributed by atoms with van der Waals surface area (Å²) in [7, 11) is 0. The molecule has 0 spiro atoms. The second kappa shape index (κ2) is 4.54. The number of hydrogen-bond donors (Lipinski definition) is 0. The van der Waals surface area contributed by atoms with Gasteiger partial charge in [0.25, 0.3) is 0 Å². The van der Waals surface area contributed by atoms with Gasteiger partial charge in [0.05, 0.1) is 13.5 Å². The lowest BCUT2D eigenvalue weighted by molar-refractivity contribution is 1.29. The van der Waals surface area contributed by atoms with Gasteiger partial charge < -0.3 is 0 Å². The lowest BCUT2D eigenvalue weighted by Crippen LogP contribution is -1.82. The van der Waals surface area contributed by atoms with Crippen molar-refractivity contribution in [1.82, 2.24) is 0 Å². The van der Waals surface area contributed by atoms with Gasteiger partial charge in [-0.1, -0.05) is 39.1 Å². The van der Waals surface area contributed by atoms with Crippen LogP contribution in [0.5, 0.6) is 0 Å². The smallest absolute Gasteiger partial charge is 0.0931 e. The van der Waals surface area contributed by atoms with E-state index < -0.39 is 0 Å². The number of alkyl halides is 1. The molecule has 0 aliphatic rings. The fraction of sp³-hybridized carbons (Fsp3) is 0.111. The van der Waals surface area contributed by atoms with Crippen LogP contribution < -0.4 is 0 Å². The van der Waals surface area contributed by atoms with Crippen molar-refractivity contribution in [1.29, 1.82) is 0 Å². The first-order chi connectivity index (χ1) is 6.66. The molecule has 74 valence electrons. The average Bonchev–Trinajstić information content (AvgIpc) is 2.73. The maximum atomic E-state index is 5.87. The molecule has 2 heterocycles. The van der Waals surface area contributed by atoms with Crippen LogP contribution in [-0.4, -0.2) is 0 Å². The molecule has 0 unspecified atom stereocenters. The van der Waals surface area contributed by atoms with Crippen LogP contribution in [0.3, 0.4) is 0 Å². The summed E-state index contributed by atoms with van der Waals surface area (Å²) in [5, 5.41) is 0. The summed E-state index contributed by atoms with van der Waals surface area (Å²) in [5.74, 6) is 0. The van der Waals surface area contributed by atoms with E-state index >= 15 is 0 Å². The van der Waals surface area contributed by atoms with Crippen LogP contribution in [0.2, 0.25) is 8.67 Å². The van der Waals surface area contributed by atoms with E-state index in [1.165, 1.54) is 9.75 Å². The third-order valence-electron chi connectivity index (χ3n) is 1.69. The quantitative estimate of drug-likeness (QED) is 0.630. The predicted octanol–water partition coefficient (Wildman–Crippen LogP) is 5.60. The summed E-state index contributed by atoms with van der Waals surface area (Å²) in [5.41, 5.74) is 0. The average molecular weight is 328 g/mol. The molecule has 2 aromatic rings. The molecule has 2 rings (SSSR count). The second-order valence-corrected chi connectivity index (χ2v) is 7.06. The summed E-state index contributed by atoms with van der Waals surface area (Å²) >= 11 is 18.5. The maximum absolute atomic E-state index is 5.87. The zero-order valence-corrected chi connectivity index (χ0v) is 11.6. The normalized spacial score (nSPS) is 11.1. The molecule has 2 aromatic heterocycles. The summed E-state index contributed by atoms with van der Waals surface area (Å²) < 4.78 is 1.62. The van der Waals surface area contributed by atoms with Crippen LogP contribution in [0.15, 0.2) is 24.3 Å². The van der Waals surface area contributed by atoms with E-state index in [0.717, 1.165) is 8.67 Å². The Morgan fingerprint density at radius 3 is 1.64 bits per heavy atom.